The summed E-state index contributed by atoms with van der Waals surface area (Å²) in [4.78, 5) is 12.8. The first-order valence-corrected chi connectivity index (χ1v) is 7.10. The zero-order valence-corrected chi connectivity index (χ0v) is 12.6. The minimum atomic E-state index is -0.736. The molecule has 0 amide bonds. The summed E-state index contributed by atoms with van der Waals surface area (Å²) < 4.78 is 5.73. The second kappa shape index (κ2) is 8.59. The van der Waals surface area contributed by atoms with Gasteiger partial charge in [-0.05, 0) is 45.0 Å². The predicted octanol–water partition coefficient (Wildman–Crippen LogP) is 2.81. The van der Waals surface area contributed by atoms with E-state index in [4.69, 9.17) is 9.84 Å². The molecule has 0 spiro atoms. The number of hydrogen-bond acceptors (Lipinski definition) is 3. The molecule has 1 atom stereocenters. The third kappa shape index (κ3) is 6.06. The zero-order valence-electron chi connectivity index (χ0n) is 12.6. The Morgan fingerprint density at radius 1 is 1.35 bits per heavy atom. The van der Waals surface area contributed by atoms with Gasteiger partial charge in [0.15, 0.2) is 0 Å². The first-order chi connectivity index (χ1) is 9.50. The molecule has 0 aliphatic carbocycles. The van der Waals surface area contributed by atoms with Crippen LogP contribution in [0.15, 0.2) is 24.3 Å². The average Bonchev–Trinajstić information content (AvgIpc) is 2.40. The third-order valence-corrected chi connectivity index (χ3v) is 3.29. The Kier molecular flexibility index (Phi) is 7.09. The lowest BCUT2D eigenvalue weighted by atomic mass is 10.1. The van der Waals surface area contributed by atoms with E-state index in [0.29, 0.717) is 13.2 Å². The van der Waals surface area contributed by atoms with Gasteiger partial charge in [0.05, 0.1) is 12.5 Å². The number of rotatable bonds is 9. The van der Waals surface area contributed by atoms with E-state index in [0.717, 1.165) is 30.7 Å². The molecule has 1 rings (SSSR count). The first kappa shape index (κ1) is 16.5. The summed E-state index contributed by atoms with van der Waals surface area (Å²) in [6, 6.07) is 8.00. The average molecular weight is 279 g/mol. The van der Waals surface area contributed by atoms with Crippen LogP contribution in [-0.4, -0.2) is 42.7 Å². The van der Waals surface area contributed by atoms with Gasteiger partial charge in [0.1, 0.15) is 5.75 Å². The fourth-order valence-corrected chi connectivity index (χ4v) is 2.02. The van der Waals surface area contributed by atoms with Gasteiger partial charge in [0, 0.05) is 6.54 Å². The topological polar surface area (TPSA) is 49.8 Å². The molecule has 20 heavy (non-hydrogen) atoms. The van der Waals surface area contributed by atoms with Gasteiger partial charge in [-0.1, -0.05) is 25.1 Å². The van der Waals surface area contributed by atoms with Gasteiger partial charge in [-0.3, -0.25) is 4.79 Å². The summed E-state index contributed by atoms with van der Waals surface area (Å²) in [5, 5.41) is 8.85. The summed E-state index contributed by atoms with van der Waals surface area (Å²) in [6.07, 6.45) is 1.98. The Hall–Kier alpha value is -1.55. The molecule has 1 aromatic rings. The van der Waals surface area contributed by atoms with Crippen LogP contribution in [0.2, 0.25) is 0 Å². The van der Waals surface area contributed by atoms with Crippen LogP contribution in [0.1, 0.15) is 25.3 Å². The molecule has 1 N–H and O–H groups in total. The number of carboxylic acids is 1. The number of benzene rings is 1. The minimum absolute atomic E-state index is 0.316. The van der Waals surface area contributed by atoms with Crippen molar-refractivity contribution in [1.29, 1.82) is 0 Å². The number of aliphatic carboxylic acids is 1. The van der Waals surface area contributed by atoms with E-state index in [1.165, 1.54) is 0 Å². The lowest BCUT2D eigenvalue weighted by Crippen LogP contribution is -2.29. The molecule has 0 heterocycles. The highest BCUT2D eigenvalue weighted by atomic mass is 16.5. The lowest BCUT2D eigenvalue weighted by molar-refractivity contribution is -0.141. The van der Waals surface area contributed by atoms with Gasteiger partial charge in [-0.25, -0.2) is 0 Å². The van der Waals surface area contributed by atoms with Crippen molar-refractivity contribution in [2.24, 2.45) is 5.92 Å². The van der Waals surface area contributed by atoms with Gasteiger partial charge in [-0.2, -0.15) is 0 Å². The van der Waals surface area contributed by atoms with E-state index in [2.05, 4.69) is 4.90 Å². The number of hydrogen-bond donors (Lipinski definition) is 1. The van der Waals surface area contributed by atoms with Crippen LogP contribution in [0.5, 0.6) is 5.75 Å². The normalized spacial score (nSPS) is 12.4. The minimum Gasteiger partial charge on any atom is -0.493 e. The molecule has 1 aromatic carbocycles. The van der Waals surface area contributed by atoms with Gasteiger partial charge in [0.2, 0.25) is 0 Å². The van der Waals surface area contributed by atoms with Gasteiger partial charge in [-0.15, -0.1) is 0 Å². The molecule has 0 aliphatic heterocycles. The molecule has 0 saturated carbocycles. The van der Waals surface area contributed by atoms with E-state index >= 15 is 0 Å². The predicted molar refractivity (Wildman–Crippen MR) is 80.2 cm³/mol. The first-order valence-electron chi connectivity index (χ1n) is 7.10. The van der Waals surface area contributed by atoms with Crippen molar-refractivity contribution < 1.29 is 14.6 Å². The van der Waals surface area contributed by atoms with Crippen LogP contribution in [0.3, 0.4) is 0 Å². The molecule has 4 heteroatoms. The Labute approximate surface area is 121 Å². The summed E-state index contributed by atoms with van der Waals surface area (Å²) in [7, 11) is 1.96. The van der Waals surface area contributed by atoms with Crippen LogP contribution in [-0.2, 0) is 4.79 Å². The Bertz CT molecular complexity index is 420. The SMILES string of the molecule is Cc1ccccc1OCCCCN(C)CC(C)C(=O)O. The molecule has 0 aromatic heterocycles. The van der Waals surface area contributed by atoms with E-state index in [-0.39, 0.29) is 5.92 Å². The number of para-hydroxylation sites is 1. The number of nitrogens with zero attached hydrogens (tertiary/aromatic N) is 1. The van der Waals surface area contributed by atoms with Crippen molar-refractivity contribution in [3.8, 4) is 5.75 Å². The number of carbonyl (C=O) groups is 1. The van der Waals surface area contributed by atoms with E-state index in [1.807, 2.05) is 38.2 Å². The van der Waals surface area contributed by atoms with Gasteiger partial charge in [0.25, 0.3) is 0 Å². The van der Waals surface area contributed by atoms with Crippen LogP contribution in [0.25, 0.3) is 0 Å². The van der Waals surface area contributed by atoms with E-state index in [9.17, 15) is 4.79 Å². The molecule has 0 aliphatic rings. The second-order valence-electron chi connectivity index (χ2n) is 5.32. The molecule has 0 radical (unpaired) electrons. The molecule has 0 fully saturated rings. The quantitative estimate of drug-likeness (QED) is 0.706. The zero-order chi connectivity index (χ0) is 15.0. The molecule has 112 valence electrons. The highest BCUT2D eigenvalue weighted by Crippen LogP contribution is 2.16. The molecule has 1 unspecified atom stereocenters. The maximum atomic E-state index is 10.8. The van der Waals surface area contributed by atoms with E-state index in [1.54, 1.807) is 6.92 Å². The maximum absolute atomic E-state index is 10.8. The Balaban J connectivity index is 2.13. The van der Waals surface area contributed by atoms with Crippen LogP contribution < -0.4 is 4.74 Å². The highest BCUT2D eigenvalue weighted by molar-refractivity contribution is 5.69. The largest absolute Gasteiger partial charge is 0.493 e. The number of ether oxygens (including phenoxy) is 1. The van der Waals surface area contributed by atoms with E-state index < -0.39 is 5.97 Å². The third-order valence-electron chi connectivity index (χ3n) is 3.29. The summed E-state index contributed by atoms with van der Waals surface area (Å²) in [5.74, 6) is -0.108. The maximum Gasteiger partial charge on any atom is 0.307 e. The monoisotopic (exact) mass is 279 g/mol. The van der Waals surface area contributed by atoms with Crippen LogP contribution >= 0.6 is 0 Å². The second-order valence-corrected chi connectivity index (χ2v) is 5.32. The molecule has 4 nitrogen and oxygen atoms in total. The van der Waals surface area contributed by atoms with Gasteiger partial charge >= 0.3 is 5.97 Å². The fourth-order valence-electron chi connectivity index (χ4n) is 2.02. The fraction of sp³-hybridized carbons (Fsp3) is 0.562. The van der Waals surface area contributed by atoms with Crippen molar-refractivity contribution in [3.63, 3.8) is 0 Å². The highest BCUT2D eigenvalue weighted by Gasteiger charge is 2.12. The summed E-state index contributed by atoms with van der Waals surface area (Å²) in [5.41, 5.74) is 1.15. The standard InChI is InChI=1S/C16H25NO3/c1-13-8-4-5-9-15(13)20-11-7-6-10-17(3)12-14(2)16(18)19/h4-5,8-9,14H,6-7,10-12H2,1-3H3,(H,18,19). The smallest absolute Gasteiger partial charge is 0.307 e. The summed E-state index contributed by atoms with van der Waals surface area (Å²) >= 11 is 0. The summed E-state index contributed by atoms with van der Waals surface area (Å²) in [6.45, 7) is 5.96. The van der Waals surface area contributed by atoms with Crippen molar-refractivity contribution in [1.82, 2.24) is 4.90 Å². The van der Waals surface area contributed by atoms with Crippen molar-refractivity contribution >= 4 is 5.97 Å². The Morgan fingerprint density at radius 3 is 2.70 bits per heavy atom. The molecular weight excluding hydrogens is 254 g/mol. The Morgan fingerprint density at radius 2 is 2.05 bits per heavy atom. The van der Waals surface area contributed by atoms with Crippen molar-refractivity contribution in [2.45, 2.75) is 26.7 Å². The van der Waals surface area contributed by atoms with Crippen molar-refractivity contribution in [3.05, 3.63) is 29.8 Å². The molecule has 0 bridgehead atoms. The van der Waals surface area contributed by atoms with Gasteiger partial charge < -0.3 is 14.7 Å². The molecular formula is C16H25NO3. The number of unbranched alkanes of at least 4 members (excludes halogenated alkanes) is 1. The van der Waals surface area contributed by atoms with Crippen LogP contribution in [0.4, 0.5) is 0 Å². The lowest BCUT2D eigenvalue weighted by Gasteiger charge is -2.18. The number of carboxylic acid groups (broad SMARTS) is 1. The molecule has 0 saturated heterocycles. The van der Waals surface area contributed by atoms with Crippen molar-refractivity contribution in [2.75, 3.05) is 26.7 Å². The van der Waals surface area contributed by atoms with Crippen LogP contribution in [0, 0.1) is 12.8 Å². The number of aryl methyl sites for hydroxylation is 1.